The molecule has 1 heterocycles. The molecular formula is C63H50N2O. The highest BCUT2D eigenvalue weighted by molar-refractivity contribution is 6.12. The molecule has 2 aliphatic rings. The van der Waals surface area contributed by atoms with E-state index in [0.29, 0.717) is 0 Å². The van der Waals surface area contributed by atoms with Gasteiger partial charge < -0.3 is 10.2 Å². The first kappa shape index (κ1) is 41.7. The van der Waals surface area contributed by atoms with Crippen LogP contribution in [0, 0.1) is 19.3 Å². The minimum absolute atomic E-state index is 0.121. The molecule has 0 spiro atoms. The molecule has 3 N–H and O–H groups in total. The lowest BCUT2D eigenvalue weighted by atomic mass is 9.92. The Bertz CT molecular complexity index is 3540. The third kappa shape index (κ3) is 8.31. The summed E-state index contributed by atoms with van der Waals surface area (Å²) in [4.78, 5) is 0. The molecule has 318 valence electrons. The van der Waals surface area contributed by atoms with E-state index in [-0.39, 0.29) is 17.7 Å². The Kier molecular flexibility index (Phi) is 11.7. The van der Waals surface area contributed by atoms with Gasteiger partial charge in [-0.15, -0.1) is 0 Å². The molecule has 0 bridgehead atoms. The molecule has 0 radical (unpaired) electrons. The summed E-state index contributed by atoms with van der Waals surface area (Å²) in [6.45, 7) is 4.35. The van der Waals surface area contributed by atoms with Crippen LogP contribution in [0.2, 0.25) is 0 Å². The number of fused-ring (bicyclic) bond motifs is 11. The van der Waals surface area contributed by atoms with Gasteiger partial charge in [-0.2, -0.15) is 0 Å². The summed E-state index contributed by atoms with van der Waals surface area (Å²) in [5.74, 6) is 0.504. The third-order valence-electron chi connectivity index (χ3n) is 12.8. The van der Waals surface area contributed by atoms with Crippen LogP contribution in [0.15, 0.2) is 229 Å². The first-order valence-electron chi connectivity index (χ1n) is 22.6. The van der Waals surface area contributed by atoms with Crippen molar-refractivity contribution in [3.05, 3.63) is 274 Å². The smallest absolute Gasteiger partial charge is 0.143 e. The fourth-order valence-electron chi connectivity index (χ4n) is 9.67. The van der Waals surface area contributed by atoms with Gasteiger partial charge in [0.05, 0.1) is 0 Å². The highest BCUT2D eigenvalue weighted by Crippen LogP contribution is 2.51. The van der Waals surface area contributed by atoms with Gasteiger partial charge in [-0.3, -0.25) is 5.41 Å². The maximum atomic E-state index is 7.01. The van der Waals surface area contributed by atoms with E-state index >= 15 is 0 Å². The van der Waals surface area contributed by atoms with Crippen molar-refractivity contribution in [2.24, 2.45) is 5.73 Å². The molecule has 3 nitrogen and oxygen atoms in total. The van der Waals surface area contributed by atoms with E-state index in [1.54, 1.807) is 0 Å². The number of aryl methyl sites for hydroxylation is 2. The Morgan fingerprint density at radius 3 is 1.70 bits per heavy atom. The number of nitrogens with two attached hydrogens (primary N) is 1. The second kappa shape index (κ2) is 18.4. The Balaban J connectivity index is 0.000000210. The summed E-state index contributed by atoms with van der Waals surface area (Å²) in [5, 5.41) is 14.4. The molecule has 3 heteroatoms. The lowest BCUT2D eigenvalue weighted by Gasteiger charge is -2.11. The lowest BCUT2D eigenvalue weighted by molar-refractivity contribution is 0.670. The number of furan rings is 1. The van der Waals surface area contributed by atoms with Crippen molar-refractivity contribution in [3.63, 3.8) is 0 Å². The Labute approximate surface area is 386 Å². The van der Waals surface area contributed by atoms with Gasteiger partial charge in [0, 0.05) is 33.7 Å². The Hall–Kier alpha value is -8.27. The second-order valence-corrected chi connectivity index (χ2v) is 17.1. The quantitative estimate of drug-likeness (QED) is 0.137. The summed E-state index contributed by atoms with van der Waals surface area (Å²) in [5.41, 5.74) is 21.1. The molecule has 0 saturated heterocycles. The molecule has 1 atom stereocenters. The lowest BCUT2D eigenvalue weighted by Crippen LogP contribution is -2.10. The average molecular weight is 851 g/mol. The second-order valence-electron chi connectivity index (χ2n) is 17.1. The van der Waals surface area contributed by atoms with E-state index < -0.39 is 0 Å². The van der Waals surface area contributed by atoms with Gasteiger partial charge in [0.2, 0.25) is 0 Å². The average Bonchev–Trinajstić information content (AvgIpc) is 4.00. The van der Waals surface area contributed by atoms with E-state index in [9.17, 15) is 0 Å². The van der Waals surface area contributed by atoms with E-state index in [4.69, 9.17) is 15.6 Å². The van der Waals surface area contributed by atoms with Crippen LogP contribution >= 0.6 is 0 Å². The van der Waals surface area contributed by atoms with Crippen molar-refractivity contribution >= 4 is 50.7 Å². The molecule has 0 saturated carbocycles. The predicted octanol–water partition coefficient (Wildman–Crippen LogP) is 14.3. The number of benzene rings is 8. The van der Waals surface area contributed by atoms with Crippen molar-refractivity contribution in [3.8, 4) is 22.3 Å². The van der Waals surface area contributed by atoms with Crippen LogP contribution in [0.3, 0.4) is 0 Å². The van der Waals surface area contributed by atoms with Gasteiger partial charge in [0.1, 0.15) is 17.0 Å². The molecule has 0 aliphatic heterocycles. The zero-order chi connectivity index (χ0) is 45.0. The number of hydrogen-bond donors (Lipinski definition) is 2. The highest BCUT2D eigenvalue weighted by atomic mass is 16.3. The molecule has 9 aromatic carbocycles. The maximum absolute atomic E-state index is 7.01. The summed E-state index contributed by atoms with van der Waals surface area (Å²) in [6, 6.07) is 78.8. The molecule has 0 amide bonds. The predicted molar refractivity (Wildman–Crippen MR) is 278 cm³/mol. The number of amidine groups is 1. The van der Waals surface area contributed by atoms with E-state index in [1.165, 1.54) is 87.6 Å². The van der Waals surface area contributed by atoms with Gasteiger partial charge >= 0.3 is 0 Å². The maximum Gasteiger partial charge on any atom is 0.143 e. The van der Waals surface area contributed by atoms with Crippen LogP contribution < -0.4 is 16.2 Å². The minimum Gasteiger partial charge on any atom is -0.455 e. The van der Waals surface area contributed by atoms with Gasteiger partial charge in [-0.1, -0.05) is 236 Å². The zero-order valence-electron chi connectivity index (χ0n) is 37.2. The number of nitrogen functional groups attached to an aromatic ring is 1. The van der Waals surface area contributed by atoms with Crippen molar-refractivity contribution in [1.29, 1.82) is 5.41 Å². The standard InChI is InChI=1S/C45H32O.C11H10.C7H8N2/c1-29-13-12-23-39-43(29)41(37-25-26-38-36-22-10-11-24-42(36)46-45(38)44(37)39)28-31-16-4-2-14-30(15-3-5-17-31)27-40-34-20-8-6-18-32(34)33-19-7-9-21-35(33)40;1-9-6-7-10-4-2-3-5-11(10)8-9;8-7(9)6-4-2-1-3-5-6/h2-28,40-41H,1H3;2-8H,1H3;1-5H,(H3,8,9). The fourth-order valence-corrected chi connectivity index (χ4v) is 9.67. The molecule has 1 unspecified atom stereocenters. The largest absolute Gasteiger partial charge is 0.455 e. The van der Waals surface area contributed by atoms with Crippen LogP contribution in [-0.2, 0) is 0 Å². The monoisotopic (exact) mass is 850 g/mol. The van der Waals surface area contributed by atoms with Crippen LogP contribution in [0.4, 0.5) is 0 Å². The molecule has 1 aromatic heterocycles. The first-order valence-corrected chi connectivity index (χ1v) is 22.6. The van der Waals surface area contributed by atoms with Crippen LogP contribution in [0.25, 0.3) is 67.1 Å². The zero-order valence-corrected chi connectivity index (χ0v) is 37.2. The molecule has 0 fully saturated rings. The summed E-state index contributed by atoms with van der Waals surface area (Å²) < 4.78 is 6.52. The number of nitrogens with one attached hydrogen (secondary N) is 1. The van der Waals surface area contributed by atoms with Crippen molar-refractivity contribution in [2.75, 3.05) is 0 Å². The number of rotatable bonds is 3. The van der Waals surface area contributed by atoms with E-state index in [1.807, 2.05) is 36.4 Å². The fraction of sp³-hybridized carbons (Fsp3) is 0.0635. The third-order valence-corrected chi connectivity index (χ3v) is 12.8. The SMILES string of the molecule is Cc1ccc2ccccc2c1.Cc1cccc2c1C(C=c1ccccc(=CC3c4ccccc4-c4ccccc43)cccc1)c1ccc3c(oc4ccccc43)c1-2.N=C(N)c1ccccc1. The van der Waals surface area contributed by atoms with Crippen LogP contribution in [-0.4, -0.2) is 5.84 Å². The highest BCUT2D eigenvalue weighted by Gasteiger charge is 2.32. The van der Waals surface area contributed by atoms with Crippen molar-refractivity contribution < 1.29 is 4.42 Å². The summed E-state index contributed by atoms with van der Waals surface area (Å²) in [6.07, 6.45) is 4.80. The molecule has 2 aliphatic carbocycles. The Morgan fingerprint density at radius 1 is 0.470 bits per heavy atom. The minimum atomic E-state index is 0.121. The van der Waals surface area contributed by atoms with Gasteiger partial charge in [-0.05, 0) is 85.6 Å². The van der Waals surface area contributed by atoms with Crippen LogP contribution in [0.5, 0.6) is 0 Å². The molecule has 66 heavy (non-hydrogen) atoms. The summed E-state index contributed by atoms with van der Waals surface area (Å²) >= 11 is 0. The van der Waals surface area contributed by atoms with Crippen molar-refractivity contribution in [1.82, 2.24) is 0 Å². The molecule has 10 aromatic rings. The van der Waals surface area contributed by atoms with E-state index in [2.05, 4.69) is 214 Å². The summed E-state index contributed by atoms with van der Waals surface area (Å²) in [7, 11) is 0. The van der Waals surface area contributed by atoms with Crippen LogP contribution in [0.1, 0.15) is 50.8 Å². The topological polar surface area (TPSA) is 63.0 Å². The van der Waals surface area contributed by atoms with Gasteiger partial charge in [-0.25, -0.2) is 0 Å². The molecule has 12 rings (SSSR count). The Morgan fingerprint density at radius 2 is 1.03 bits per heavy atom. The first-order chi connectivity index (χ1) is 32.4. The molecular weight excluding hydrogens is 801 g/mol. The van der Waals surface area contributed by atoms with Crippen molar-refractivity contribution in [2.45, 2.75) is 25.7 Å². The normalized spacial score (nSPS) is 12.9. The van der Waals surface area contributed by atoms with E-state index in [0.717, 1.165) is 16.7 Å². The number of para-hydroxylation sites is 1. The van der Waals surface area contributed by atoms with Gasteiger partial charge in [0.25, 0.3) is 0 Å². The number of hydrogen-bond acceptors (Lipinski definition) is 2. The van der Waals surface area contributed by atoms with Gasteiger partial charge in [0.15, 0.2) is 0 Å².